The van der Waals surface area contributed by atoms with Gasteiger partial charge in [0.05, 0.1) is 5.01 Å². The van der Waals surface area contributed by atoms with Crippen molar-refractivity contribution < 1.29 is 4.79 Å². The van der Waals surface area contributed by atoms with Crippen LogP contribution in [0.1, 0.15) is 28.3 Å². The van der Waals surface area contributed by atoms with E-state index in [4.69, 9.17) is 0 Å². The lowest BCUT2D eigenvalue weighted by molar-refractivity contribution is 0.0946. The lowest BCUT2D eigenvalue weighted by Crippen LogP contribution is -2.25. The molecule has 0 atom stereocenters. The maximum absolute atomic E-state index is 11.3. The van der Waals surface area contributed by atoms with Gasteiger partial charge in [-0.15, -0.1) is 11.3 Å². The van der Waals surface area contributed by atoms with Crippen molar-refractivity contribution in [3.8, 4) is 0 Å². The van der Waals surface area contributed by atoms with Gasteiger partial charge in [-0.3, -0.25) is 4.79 Å². The van der Waals surface area contributed by atoms with E-state index in [1.54, 1.807) is 5.38 Å². The number of carbonyl (C=O) groups is 1. The van der Waals surface area contributed by atoms with Gasteiger partial charge < -0.3 is 5.32 Å². The highest BCUT2D eigenvalue weighted by molar-refractivity contribution is 7.09. The van der Waals surface area contributed by atoms with E-state index in [0.717, 1.165) is 17.8 Å². The number of nitrogens with one attached hydrogen (secondary N) is 1. The monoisotopic (exact) mass is 182 g/mol. The van der Waals surface area contributed by atoms with Crippen molar-refractivity contribution in [2.24, 2.45) is 0 Å². The van der Waals surface area contributed by atoms with Crippen LogP contribution in [-0.2, 0) is 0 Å². The van der Waals surface area contributed by atoms with Crippen LogP contribution in [0, 0.1) is 6.92 Å². The molecule has 3 nitrogen and oxygen atoms in total. The van der Waals surface area contributed by atoms with Crippen molar-refractivity contribution in [3.05, 3.63) is 16.1 Å². The lowest BCUT2D eigenvalue weighted by atomic mass is 10.4. The summed E-state index contributed by atoms with van der Waals surface area (Å²) in [4.78, 5) is 15.4. The molecular weight excluding hydrogens is 172 g/mol. The third-order valence-electron chi connectivity index (χ3n) is 1.76. The Hall–Kier alpha value is -0.900. The van der Waals surface area contributed by atoms with Crippen molar-refractivity contribution in [1.29, 1.82) is 0 Å². The molecule has 64 valence electrons. The second-order valence-electron chi connectivity index (χ2n) is 3.00. The Bertz CT molecular complexity index is 304. The summed E-state index contributed by atoms with van der Waals surface area (Å²) in [6.45, 7) is 1.90. The highest BCUT2D eigenvalue weighted by atomic mass is 32.1. The lowest BCUT2D eigenvalue weighted by Gasteiger charge is -1.97. The van der Waals surface area contributed by atoms with Crippen molar-refractivity contribution in [2.45, 2.75) is 25.8 Å². The highest BCUT2D eigenvalue weighted by Gasteiger charge is 2.24. The van der Waals surface area contributed by atoms with E-state index in [9.17, 15) is 4.79 Å². The Morgan fingerprint density at radius 2 is 2.50 bits per heavy atom. The molecule has 0 bridgehead atoms. The molecule has 0 saturated heterocycles. The van der Waals surface area contributed by atoms with Crippen LogP contribution < -0.4 is 5.32 Å². The standard InChI is InChI=1S/C8H10N2OS/c1-5-9-7(4-12-5)8(11)10-6-2-3-6/h4,6H,2-3H2,1H3,(H,10,11). The molecule has 1 fully saturated rings. The molecule has 1 heterocycles. The average Bonchev–Trinajstić information content (AvgIpc) is 2.72. The maximum Gasteiger partial charge on any atom is 0.270 e. The number of aryl methyl sites for hydroxylation is 1. The Balaban J connectivity index is 2.03. The zero-order valence-corrected chi connectivity index (χ0v) is 7.65. The number of rotatable bonds is 2. The van der Waals surface area contributed by atoms with Crippen molar-refractivity contribution >= 4 is 17.2 Å². The minimum atomic E-state index is -0.0261. The largest absolute Gasteiger partial charge is 0.348 e. The predicted octanol–water partition coefficient (Wildman–Crippen LogP) is 1.34. The van der Waals surface area contributed by atoms with E-state index in [1.165, 1.54) is 11.3 Å². The summed E-state index contributed by atoms with van der Waals surface area (Å²) < 4.78 is 0. The van der Waals surface area contributed by atoms with Gasteiger partial charge in [0.2, 0.25) is 0 Å². The molecule has 1 N–H and O–H groups in total. The van der Waals surface area contributed by atoms with Crippen molar-refractivity contribution in [1.82, 2.24) is 10.3 Å². The zero-order chi connectivity index (χ0) is 8.55. The molecule has 0 unspecified atom stereocenters. The van der Waals surface area contributed by atoms with E-state index in [0.29, 0.717) is 11.7 Å². The molecule has 1 aliphatic carbocycles. The van der Waals surface area contributed by atoms with E-state index in [2.05, 4.69) is 10.3 Å². The number of thiazole rings is 1. The molecule has 1 amide bonds. The van der Waals surface area contributed by atoms with Crippen LogP contribution in [0.3, 0.4) is 0 Å². The van der Waals surface area contributed by atoms with Crippen LogP contribution in [0.15, 0.2) is 5.38 Å². The third-order valence-corrected chi connectivity index (χ3v) is 2.54. The zero-order valence-electron chi connectivity index (χ0n) is 6.83. The molecule has 4 heteroatoms. The van der Waals surface area contributed by atoms with Crippen LogP contribution >= 0.6 is 11.3 Å². The number of nitrogens with zero attached hydrogens (tertiary/aromatic N) is 1. The third kappa shape index (κ3) is 1.64. The Morgan fingerprint density at radius 3 is 3.00 bits per heavy atom. The Morgan fingerprint density at radius 1 is 1.75 bits per heavy atom. The molecule has 0 spiro atoms. The van der Waals surface area contributed by atoms with Crippen LogP contribution in [-0.4, -0.2) is 16.9 Å². The molecule has 0 aliphatic heterocycles. The summed E-state index contributed by atoms with van der Waals surface area (Å²) in [7, 11) is 0. The number of aromatic nitrogens is 1. The topological polar surface area (TPSA) is 42.0 Å². The summed E-state index contributed by atoms with van der Waals surface area (Å²) in [6, 6.07) is 0.416. The SMILES string of the molecule is Cc1nc(C(=O)NC2CC2)cs1. The molecule has 2 rings (SSSR count). The summed E-state index contributed by atoms with van der Waals surface area (Å²) in [5.41, 5.74) is 0.560. The fraction of sp³-hybridized carbons (Fsp3) is 0.500. The second kappa shape index (κ2) is 2.86. The molecular formula is C8H10N2OS. The molecule has 12 heavy (non-hydrogen) atoms. The maximum atomic E-state index is 11.3. The van der Waals surface area contributed by atoms with Gasteiger partial charge in [-0.1, -0.05) is 0 Å². The number of carbonyl (C=O) groups excluding carboxylic acids is 1. The molecule has 0 radical (unpaired) electrons. The summed E-state index contributed by atoms with van der Waals surface area (Å²) in [5.74, 6) is -0.0261. The first-order chi connectivity index (χ1) is 5.75. The van der Waals surface area contributed by atoms with Gasteiger partial charge in [-0.05, 0) is 19.8 Å². The van der Waals surface area contributed by atoms with Crippen LogP contribution in [0.4, 0.5) is 0 Å². The normalized spacial score (nSPS) is 16.1. The van der Waals surface area contributed by atoms with Gasteiger partial charge in [-0.2, -0.15) is 0 Å². The summed E-state index contributed by atoms with van der Waals surface area (Å²) in [6.07, 6.45) is 2.24. The van der Waals surface area contributed by atoms with Gasteiger partial charge in [0.1, 0.15) is 5.69 Å². The van der Waals surface area contributed by atoms with Gasteiger partial charge in [0, 0.05) is 11.4 Å². The van der Waals surface area contributed by atoms with Crippen LogP contribution in [0.2, 0.25) is 0 Å². The quantitative estimate of drug-likeness (QED) is 0.750. The average molecular weight is 182 g/mol. The van der Waals surface area contributed by atoms with Gasteiger partial charge in [0.25, 0.3) is 5.91 Å². The minimum Gasteiger partial charge on any atom is -0.348 e. The van der Waals surface area contributed by atoms with E-state index in [-0.39, 0.29) is 5.91 Å². The van der Waals surface area contributed by atoms with Gasteiger partial charge in [-0.25, -0.2) is 4.98 Å². The Kier molecular flexibility index (Phi) is 1.84. The van der Waals surface area contributed by atoms with E-state index >= 15 is 0 Å². The van der Waals surface area contributed by atoms with Crippen molar-refractivity contribution in [2.75, 3.05) is 0 Å². The fourth-order valence-electron chi connectivity index (χ4n) is 0.955. The molecule has 0 aromatic carbocycles. The second-order valence-corrected chi connectivity index (χ2v) is 4.06. The van der Waals surface area contributed by atoms with E-state index in [1.807, 2.05) is 6.92 Å². The molecule has 1 aliphatic rings. The summed E-state index contributed by atoms with van der Waals surface area (Å²) in [5, 5.41) is 5.63. The first-order valence-corrected chi connectivity index (χ1v) is 4.86. The molecule has 1 aromatic heterocycles. The minimum absolute atomic E-state index is 0.0261. The number of amides is 1. The predicted molar refractivity (Wildman–Crippen MR) is 47.3 cm³/mol. The van der Waals surface area contributed by atoms with Crippen molar-refractivity contribution in [3.63, 3.8) is 0 Å². The molecule has 1 saturated carbocycles. The highest BCUT2D eigenvalue weighted by Crippen LogP contribution is 2.19. The number of hydrogen-bond donors (Lipinski definition) is 1. The first-order valence-electron chi connectivity index (χ1n) is 3.99. The van der Waals surface area contributed by atoms with Gasteiger partial charge in [0.15, 0.2) is 0 Å². The van der Waals surface area contributed by atoms with Crippen LogP contribution in [0.25, 0.3) is 0 Å². The summed E-state index contributed by atoms with van der Waals surface area (Å²) >= 11 is 1.51. The Labute approximate surface area is 74.8 Å². The van der Waals surface area contributed by atoms with Gasteiger partial charge >= 0.3 is 0 Å². The fourth-order valence-corrected chi connectivity index (χ4v) is 1.55. The number of hydrogen-bond acceptors (Lipinski definition) is 3. The first kappa shape index (κ1) is 7.73. The molecule has 1 aromatic rings. The smallest absolute Gasteiger partial charge is 0.270 e. The van der Waals surface area contributed by atoms with E-state index < -0.39 is 0 Å². The van der Waals surface area contributed by atoms with Crippen LogP contribution in [0.5, 0.6) is 0 Å².